The van der Waals surface area contributed by atoms with E-state index in [9.17, 15) is 22.0 Å². The van der Waals surface area contributed by atoms with E-state index in [4.69, 9.17) is 55.9 Å². The van der Waals surface area contributed by atoms with Gasteiger partial charge in [-0.05, 0) is 53.1 Å². The number of benzene rings is 3. The van der Waals surface area contributed by atoms with E-state index >= 15 is 0 Å². The van der Waals surface area contributed by atoms with Crippen LogP contribution in [0.5, 0.6) is 11.5 Å². The zero-order chi connectivity index (χ0) is 27.5. The lowest BCUT2D eigenvalue weighted by Gasteiger charge is -2.22. The average molecular weight is 612 g/mol. The molecule has 198 valence electrons. The van der Waals surface area contributed by atoms with Crippen molar-refractivity contribution in [3.63, 3.8) is 0 Å². The number of halogens is 6. The van der Waals surface area contributed by atoms with Gasteiger partial charge in [-0.3, -0.25) is 4.79 Å². The van der Waals surface area contributed by atoms with E-state index in [-0.39, 0.29) is 42.5 Å². The van der Waals surface area contributed by atoms with Gasteiger partial charge in [0.2, 0.25) is 5.78 Å². The molecule has 0 heterocycles. The third kappa shape index (κ3) is 6.86. The van der Waals surface area contributed by atoms with Gasteiger partial charge >= 0.3 is 5.92 Å². The molecule has 0 bridgehead atoms. The summed E-state index contributed by atoms with van der Waals surface area (Å²) in [6.45, 7) is 0. The molecular formula is C25H20Cl4F2O5S. The smallest absolute Gasteiger partial charge is 0.310 e. The first-order chi connectivity index (χ1) is 17.3. The van der Waals surface area contributed by atoms with Gasteiger partial charge in [-0.1, -0.05) is 64.6 Å². The first-order valence-corrected chi connectivity index (χ1v) is 13.7. The third-order valence-corrected chi connectivity index (χ3v) is 8.87. The van der Waals surface area contributed by atoms with Crippen molar-refractivity contribution < 1.29 is 31.5 Å². The van der Waals surface area contributed by atoms with Crippen molar-refractivity contribution in [2.24, 2.45) is 0 Å². The largest absolute Gasteiger partial charge is 0.493 e. The first-order valence-electron chi connectivity index (χ1n) is 10.5. The van der Waals surface area contributed by atoms with Crippen LogP contribution in [0.25, 0.3) is 0 Å². The van der Waals surface area contributed by atoms with Crippen molar-refractivity contribution in [3.05, 3.63) is 91.4 Å². The number of hydrogen-bond donors (Lipinski definition) is 0. The van der Waals surface area contributed by atoms with Crippen molar-refractivity contribution >= 4 is 62.0 Å². The number of carbonyl (C=O) groups excluding carboxylic acids is 1. The number of Topliss-reactive ketones (excluding diaryl/α,β-unsaturated/α-hetero) is 1. The Balaban J connectivity index is 1.97. The van der Waals surface area contributed by atoms with Gasteiger partial charge in [0.15, 0.2) is 21.3 Å². The van der Waals surface area contributed by atoms with Crippen molar-refractivity contribution in [1.82, 2.24) is 0 Å². The minimum atomic E-state index is -4.56. The normalized spacial score (nSPS) is 12.0. The summed E-state index contributed by atoms with van der Waals surface area (Å²) in [5.74, 6) is -6.71. The molecule has 3 aromatic carbocycles. The Hall–Kier alpha value is -2.10. The molecule has 0 amide bonds. The van der Waals surface area contributed by atoms with Gasteiger partial charge in [-0.15, -0.1) is 0 Å². The molecule has 3 aromatic rings. The summed E-state index contributed by atoms with van der Waals surface area (Å²) in [4.78, 5) is 12.7. The molecular weight excluding hydrogens is 592 g/mol. The summed E-state index contributed by atoms with van der Waals surface area (Å²) in [5.41, 5.74) is 0.284. The second-order valence-electron chi connectivity index (χ2n) is 8.03. The van der Waals surface area contributed by atoms with Gasteiger partial charge in [0, 0.05) is 6.42 Å². The van der Waals surface area contributed by atoms with Gasteiger partial charge < -0.3 is 9.47 Å². The molecule has 0 fully saturated rings. The van der Waals surface area contributed by atoms with Crippen LogP contribution >= 0.6 is 46.4 Å². The van der Waals surface area contributed by atoms with Crippen LogP contribution in [0.2, 0.25) is 20.1 Å². The van der Waals surface area contributed by atoms with Crippen LogP contribution in [-0.2, 0) is 21.1 Å². The second kappa shape index (κ2) is 11.7. The zero-order valence-corrected chi connectivity index (χ0v) is 23.2. The number of alkyl halides is 2. The van der Waals surface area contributed by atoms with Crippen molar-refractivity contribution in [3.8, 4) is 11.5 Å². The number of sulfone groups is 1. The molecule has 12 heteroatoms. The molecule has 0 aliphatic rings. The Morgan fingerprint density at radius 1 is 0.811 bits per heavy atom. The summed E-state index contributed by atoms with van der Waals surface area (Å²) in [6.07, 6.45) is -1.04. The van der Waals surface area contributed by atoms with E-state index < -0.39 is 39.0 Å². The Morgan fingerprint density at radius 3 is 1.78 bits per heavy atom. The monoisotopic (exact) mass is 610 g/mol. The molecule has 0 aromatic heterocycles. The molecule has 0 saturated carbocycles. The van der Waals surface area contributed by atoms with Crippen LogP contribution in [0.3, 0.4) is 0 Å². The van der Waals surface area contributed by atoms with Crippen LogP contribution in [-0.4, -0.2) is 40.1 Å². The molecule has 0 aliphatic heterocycles. The summed E-state index contributed by atoms with van der Waals surface area (Å²) in [7, 11) is -1.84. The van der Waals surface area contributed by atoms with E-state index in [1.807, 2.05) is 0 Å². The number of carbonyl (C=O) groups is 1. The lowest BCUT2D eigenvalue weighted by molar-refractivity contribution is -0.140. The van der Waals surface area contributed by atoms with E-state index in [2.05, 4.69) is 0 Å². The van der Waals surface area contributed by atoms with E-state index in [0.29, 0.717) is 5.75 Å². The fraction of sp³-hybridized carbons (Fsp3) is 0.240. The minimum absolute atomic E-state index is 0.0459. The summed E-state index contributed by atoms with van der Waals surface area (Å²) in [6, 6.07) is 12.1. The zero-order valence-electron chi connectivity index (χ0n) is 19.4. The van der Waals surface area contributed by atoms with Crippen LogP contribution < -0.4 is 9.47 Å². The molecule has 0 unspecified atom stereocenters. The Labute approximate surface area is 233 Å². The Kier molecular flexibility index (Phi) is 9.35. The highest BCUT2D eigenvalue weighted by atomic mass is 35.5. The number of ketones is 1. The summed E-state index contributed by atoms with van der Waals surface area (Å²) >= 11 is 24.1. The maximum absolute atomic E-state index is 15.0. The van der Waals surface area contributed by atoms with E-state index in [1.165, 1.54) is 68.8 Å². The number of hydrogen-bond acceptors (Lipinski definition) is 5. The first kappa shape index (κ1) is 29.5. The maximum atomic E-state index is 15.0. The number of ether oxygens (including phenoxy) is 2. The quantitative estimate of drug-likeness (QED) is 0.241. The maximum Gasteiger partial charge on any atom is 0.310 e. The average Bonchev–Trinajstić information content (AvgIpc) is 2.83. The van der Waals surface area contributed by atoms with Crippen molar-refractivity contribution in [2.45, 2.75) is 17.6 Å². The lowest BCUT2D eigenvalue weighted by Crippen LogP contribution is -2.37. The lowest BCUT2D eigenvalue weighted by atomic mass is 10.0. The van der Waals surface area contributed by atoms with Crippen LogP contribution in [0.1, 0.15) is 21.9 Å². The molecule has 37 heavy (non-hydrogen) atoms. The molecule has 0 saturated heterocycles. The van der Waals surface area contributed by atoms with Gasteiger partial charge in [-0.2, -0.15) is 8.78 Å². The SMILES string of the molecule is COc1ccc(CC(F)(F)C(=O)CS(=O)(=O)C(c2ccc(Cl)c(Cl)c2)c2ccc(Cl)c(Cl)c2)cc1OC. The molecule has 3 rings (SSSR count). The topological polar surface area (TPSA) is 69.7 Å². The van der Waals surface area contributed by atoms with E-state index in [0.717, 1.165) is 0 Å². The fourth-order valence-electron chi connectivity index (χ4n) is 3.68. The third-order valence-electron chi connectivity index (χ3n) is 5.47. The van der Waals surface area contributed by atoms with Crippen molar-refractivity contribution in [2.75, 3.05) is 20.0 Å². The van der Waals surface area contributed by atoms with Gasteiger partial charge in [0.05, 0.1) is 34.3 Å². The molecule has 5 nitrogen and oxygen atoms in total. The molecule has 0 spiro atoms. The van der Waals surface area contributed by atoms with Gasteiger partial charge in [0.25, 0.3) is 0 Å². The summed E-state index contributed by atoms with van der Waals surface area (Å²) in [5, 5.41) is -1.13. The molecule has 0 atom stereocenters. The standard InChI is InChI=1S/C25H20Cl4F2O5S/c1-35-21-8-3-14(9-22(21)36-2)12-25(30,31)23(32)13-37(33,34)24(15-4-6-17(26)19(28)10-15)16-5-7-18(27)20(29)11-16/h3-11,24H,12-13H2,1-2H3. The molecule has 0 radical (unpaired) electrons. The van der Waals surface area contributed by atoms with Crippen LogP contribution in [0.15, 0.2) is 54.6 Å². The highest BCUT2D eigenvalue weighted by molar-refractivity contribution is 7.92. The molecule has 0 N–H and O–H groups in total. The number of rotatable bonds is 10. The second-order valence-corrected chi connectivity index (χ2v) is 11.7. The highest BCUT2D eigenvalue weighted by Gasteiger charge is 2.43. The van der Waals surface area contributed by atoms with Gasteiger partial charge in [-0.25, -0.2) is 8.42 Å². The fourth-order valence-corrected chi connectivity index (χ4v) is 6.15. The summed E-state index contributed by atoms with van der Waals surface area (Å²) < 4.78 is 67.1. The Morgan fingerprint density at radius 2 is 1.32 bits per heavy atom. The molecule has 0 aliphatic carbocycles. The highest BCUT2D eigenvalue weighted by Crippen LogP contribution is 2.38. The van der Waals surface area contributed by atoms with Gasteiger partial charge in [0.1, 0.15) is 11.0 Å². The predicted octanol–water partition coefficient (Wildman–Crippen LogP) is 7.27. The van der Waals surface area contributed by atoms with E-state index in [1.54, 1.807) is 0 Å². The predicted molar refractivity (Wildman–Crippen MR) is 142 cm³/mol. The minimum Gasteiger partial charge on any atom is -0.493 e. The van der Waals surface area contributed by atoms with Crippen LogP contribution in [0, 0.1) is 0 Å². The number of methoxy groups -OCH3 is 2. The van der Waals surface area contributed by atoms with Crippen molar-refractivity contribution in [1.29, 1.82) is 0 Å². The Bertz CT molecular complexity index is 1380. The van der Waals surface area contributed by atoms with Crippen LogP contribution in [0.4, 0.5) is 8.78 Å².